The van der Waals surface area contributed by atoms with E-state index in [1.807, 2.05) is 0 Å². The van der Waals surface area contributed by atoms with Gasteiger partial charge in [0.2, 0.25) is 0 Å². The van der Waals surface area contributed by atoms with Gasteiger partial charge in [-0.25, -0.2) is 0 Å². The van der Waals surface area contributed by atoms with Crippen LogP contribution in [-0.2, 0) is 11.0 Å². The third-order valence-corrected chi connectivity index (χ3v) is 3.35. The Hall–Kier alpha value is -3.03. The van der Waals surface area contributed by atoms with Crippen molar-refractivity contribution in [2.75, 3.05) is 26.0 Å². The van der Waals surface area contributed by atoms with E-state index in [0.29, 0.717) is 11.3 Å². The van der Waals surface area contributed by atoms with Crippen LogP contribution in [0, 0.1) is 0 Å². The molecule has 8 heteroatoms. The molecule has 0 unspecified atom stereocenters. The predicted octanol–water partition coefficient (Wildman–Crippen LogP) is 3.42. The molecule has 0 aliphatic rings. The zero-order valence-electron chi connectivity index (χ0n) is 14.1. The molecule has 0 atom stereocenters. The lowest BCUT2D eigenvalue weighted by atomic mass is 10.2. The van der Waals surface area contributed by atoms with Crippen LogP contribution < -0.4 is 10.1 Å². The molecule has 0 fully saturated rings. The van der Waals surface area contributed by atoms with Crippen molar-refractivity contribution < 1.29 is 27.5 Å². The second kappa shape index (κ2) is 7.90. The number of ether oxygens (including phenoxy) is 1. The maximum Gasteiger partial charge on any atom is 0.416 e. The summed E-state index contributed by atoms with van der Waals surface area (Å²) in [6.07, 6.45) is -4.43. The minimum Gasteiger partial charge on any atom is -0.484 e. The molecule has 2 rings (SSSR count). The van der Waals surface area contributed by atoms with Crippen LogP contribution in [0.1, 0.15) is 15.9 Å². The molecule has 5 nitrogen and oxygen atoms in total. The van der Waals surface area contributed by atoms with Crippen LogP contribution in [0.3, 0.4) is 0 Å². The summed E-state index contributed by atoms with van der Waals surface area (Å²) >= 11 is 0. The van der Waals surface area contributed by atoms with E-state index in [9.17, 15) is 22.8 Å². The van der Waals surface area contributed by atoms with E-state index in [1.54, 1.807) is 32.3 Å². The first-order valence-electron chi connectivity index (χ1n) is 7.58. The van der Waals surface area contributed by atoms with Crippen LogP contribution in [0.2, 0.25) is 0 Å². The van der Waals surface area contributed by atoms with E-state index in [-0.39, 0.29) is 18.3 Å². The zero-order chi connectivity index (χ0) is 19.3. The minimum atomic E-state index is -4.43. The summed E-state index contributed by atoms with van der Waals surface area (Å²) in [4.78, 5) is 25.2. The number of anilines is 1. The van der Waals surface area contributed by atoms with Gasteiger partial charge in [-0.2, -0.15) is 13.2 Å². The highest BCUT2D eigenvalue weighted by Gasteiger charge is 2.30. The summed E-state index contributed by atoms with van der Waals surface area (Å²) in [6.45, 7) is -0.378. The number of alkyl halides is 3. The van der Waals surface area contributed by atoms with Crippen molar-refractivity contribution in [3.8, 4) is 5.75 Å². The monoisotopic (exact) mass is 366 g/mol. The molecule has 2 aromatic carbocycles. The Morgan fingerprint density at radius 3 is 2.31 bits per heavy atom. The quantitative estimate of drug-likeness (QED) is 0.882. The molecule has 0 saturated carbocycles. The Morgan fingerprint density at radius 1 is 1.08 bits per heavy atom. The number of hydrogen-bond acceptors (Lipinski definition) is 3. The topological polar surface area (TPSA) is 58.6 Å². The lowest BCUT2D eigenvalue weighted by Gasteiger charge is -2.12. The summed E-state index contributed by atoms with van der Waals surface area (Å²) in [5.41, 5.74) is 0.0341. The molecule has 0 saturated heterocycles. The number of carbonyl (C=O) groups excluding carboxylic acids is 2. The number of carbonyl (C=O) groups is 2. The molecular weight excluding hydrogens is 349 g/mol. The van der Waals surface area contributed by atoms with E-state index in [1.165, 1.54) is 11.0 Å². The van der Waals surface area contributed by atoms with Crippen LogP contribution in [0.4, 0.5) is 18.9 Å². The maximum absolute atomic E-state index is 12.5. The molecule has 26 heavy (non-hydrogen) atoms. The van der Waals surface area contributed by atoms with Gasteiger partial charge in [0.15, 0.2) is 6.61 Å². The maximum atomic E-state index is 12.5. The number of amides is 2. The van der Waals surface area contributed by atoms with Gasteiger partial charge in [-0.05, 0) is 42.5 Å². The molecule has 1 N–H and O–H groups in total. The van der Waals surface area contributed by atoms with E-state index in [2.05, 4.69) is 5.32 Å². The first kappa shape index (κ1) is 19.3. The number of halogens is 3. The predicted molar refractivity (Wildman–Crippen MR) is 90.0 cm³/mol. The van der Waals surface area contributed by atoms with Gasteiger partial charge in [0.05, 0.1) is 5.56 Å². The van der Waals surface area contributed by atoms with E-state index in [0.717, 1.165) is 24.3 Å². The Labute approximate surface area is 148 Å². The highest BCUT2D eigenvalue weighted by molar-refractivity contribution is 5.97. The fourth-order valence-electron chi connectivity index (χ4n) is 2.07. The van der Waals surface area contributed by atoms with Crippen LogP contribution in [0.25, 0.3) is 0 Å². The van der Waals surface area contributed by atoms with E-state index >= 15 is 0 Å². The molecule has 0 aliphatic carbocycles. The molecule has 0 aromatic heterocycles. The summed E-state index contributed by atoms with van der Waals surface area (Å²) in [5, 5.41) is 2.57. The van der Waals surface area contributed by atoms with Gasteiger partial charge in [-0.1, -0.05) is 6.07 Å². The second-order valence-electron chi connectivity index (χ2n) is 5.64. The summed E-state index contributed by atoms with van der Waals surface area (Å²) in [5.74, 6) is -0.564. The molecule has 0 bridgehead atoms. The fourth-order valence-corrected chi connectivity index (χ4v) is 2.07. The van der Waals surface area contributed by atoms with Crippen molar-refractivity contribution in [3.63, 3.8) is 0 Å². The Kier molecular flexibility index (Phi) is 5.86. The molecular formula is C18H17F3N2O3. The molecule has 138 valence electrons. The third kappa shape index (κ3) is 5.23. The van der Waals surface area contributed by atoms with Gasteiger partial charge in [0.25, 0.3) is 11.8 Å². The second-order valence-corrected chi connectivity index (χ2v) is 5.64. The number of hydrogen-bond donors (Lipinski definition) is 1. The van der Waals surface area contributed by atoms with E-state index < -0.39 is 17.6 Å². The largest absolute Gasteiger partial charge is 0.484 e. The number of nitrogens with zero attached hydrogens (tertiary/aromatic N) is 1. The molecule has 0 spiro atoms. The van der Waals surface area contributed by atoms with Crippen molar-refractivity contribution in [1.29, 1.82) is 0 Å². The average molecular weight is 366 g/mol. The molecule has 0 radical (unpaired) electrons. The van der Waals surface area contributed by atoms with Crippen molar-refractivity contribution in [2.24, 2.45) is 0 Å². The summed E-state index contributed by atoms with van der Waals surface area (Å²) in [6, 6.07) is 10.4. The highest BCUT2D eigenvalue weighted by Crippen LogP contribution is 2.30. The lowest BCUT2D eigenvalue weighted by Crippen LogP contribution is -2.23. The number of nitrogens with one attached hydrogen (secondary N) is 1. The van der Waals surface area contributed by atoms with Crippen molar-refractivity contribution in [3.05, 3.63) is 59.7 Å². The van der Waals surface area contributed by atoms with Crippen LogP contribution >= 0.6 is 0 Å². The first-order valence-corrected chi connectivity index (χ1v) is 7.58. The lowest BCUT2D eigenvalue weighted by molar-refractivity contribution is -0.137. The van der Waals surface area contributed by atoms with Crippen LogP contribution in [0.5, 0.6) is 5.75 Å². The highest BCUT2D eigenvalue weighted by atomic mass is 19.4. The van der Waals surface area contributed by atoms with Crippen molar-refractivity contribution >= 4 is 17.5 Å². The van der Waals surface area contributed by atoms with Gasteiger partial charge < -0.3 is 15.0 Å². The number of rotatable bonds is 5. The Balaban J connectivity index is 1.93. The van der Waals surface area contributed by atoms with E-state index in [4.69, 9.17) is 4.74 Å². The summed E-state index contributed by atoms with van der Waals surface area (Å²) in [7, 11) is 3.23. The van der Waals surface area contributed by atoms with Crippen LogP contribution in [0.15, 0.2) is 48.5 Å². The molecule has 2 amide bonds. The van der Waals surface area contributed by atoms with Gasteiger partial charge in [0, 0.05) is 25.3 Å². The van der Waals surface area contributed by atoms with Crippen molar-refractivity contribution in [1.82, 2.24) is 4.90 Å². The standard InChI is InChI=1S/C18H17F3N2O3/c1-23(2)17(25)12-4-3-5-14(10-12)22-16(24)11-26-15-8-6-13(7-9-15)18(19,20)21/h3-10H,11H2,1-2H3,(H,22,24). The Morgan fingerprint density at radius 2 is 1.73 bits per heavy atom. The zero-order valence-corrected chi connectivity index (χ0v) is 14.1. The van der Waals surface area contributed by atoms with Gasteiger partial charge in [-0.15, -0.1) is 0 Å². The average Bonchev–Trinajstić information content (AvgIpc) is 2.59. The number of benzene rings is 2. The SMILES string of the molecule is CN(C)C(=O)c1cccc(NC(=O)COc2ccc(C(F)(F)F)cc2)c1. The first-order chi connectivity index (χ1) is 12.2. The van der Waals surface area contributed by atoms with Crippen molar-refractivity contribution in [2.45, 2.75) is 6.18 Å². The Bertz CT molecular complexity index is 787. The molecule has 0 aliphatic heterocycles. The van der Waals surface area contributed by atoms with Gasteiger partial charge >= 0.3 is 6.18 Å². The summed E-state index contributed by atoms with van der Waals surface area (Å²) < 4.78 is 42.6. The van der Waals surface area contributed by atoms with Gasteiger partial charge in [0.1, 0.15) is 5.75 Å². The minimum absolute atomic E-state index is 0.143. The smallest absolute Gasteiger partial charge is 0.416 e. The molecule has 2 aromatic rings. The fraction of sp³-hybridized carbons (Fsp3) is 0.222. The normalized spacial score (nSPS) is 11.0. The van der Waals surface area contributed by atoms with Gasteiger partial charge in [-0.3, -0.25) is 9.59 Å². The molecule has 0 heterocycles. The third-order valence-electron chi connectivity index (χ3n) is 3.35. The van der Waals surface area contributed by atoms with Crippen LogP contribution in [-0.4, -0.2) is 37.4 Å².